The van der Waals surface area contributed by atoms with Gasteiger partial charge in [0.25, 0.3) is 0 Å². The number of anilines is 1. The summed E-state index contributed by atoms with van der Waals surface area (Å²) in [7, 11) is 0. The molecule has 2 N–H and O–H groups in total. The summed E-state index contributed by atoms with van der Waals surface area (Å²) < 4.78 is 1.25. The summed E-state index contributed by atoms with van der Waals surface area (Å²) in [6.07, 6.45) is 1.84. The number of nitrogens with zero attached hydrogens (tertiary/aromatic N) is 2. The van der Waals surface area contributed by atoms with E-state index in [4.69, 9.17) is 12.2 Å². The maximum atomic E-state index is 5.74. The molecular formula is C20H19IN4S. The molecule has 4 nitrogen and oxygen atoms in total. The van der Waals surface area contributed by atoms with Crippen LogP contribution in [0.2, 0.25) is 0 Å². The number of aromatic nitrogens is 2. The van der Waals surface area contributed by atoms with Gasteiger partial charge in [-0.1, -0.05) is 24.3 Å². The average molecular weight is 474 g/mol. The van der Waals surface area contributed by atoms with Crippen LogP contribution in [0.25, 0.3) is 0 Å². The lowest BCUT2D eigenvalue weighted by atomic mass is 9.96. The minimum Gasteiger partial charge on any atom is -0.362 e. The Bertz CT molecular complexity index is 939. The number of halogens is 1. The minimum atomic E-state index is -0.00804. The summed E-state index contributed by atoms with van der Waals surface area (Å²) in [4.78, 5) is 10.3. The Balaban J connectivity index is 1.90. The molecule has 3 aromatic rings. The van der Waals surface area contributed by atoms with Crippen LogP contribution in [0.5, 0.6) is 0 Å². The number of H-pyrrole nitrogens is 1. The number of thiocarbonyl (C=S) groups is 1. The van der Waals surface area contributed by atoms with E-state index in [0.717, 1.165) is 16.5 Å². The van der Waals surface area contributed by atoms with E-state index in [1.165, 1.54) is 20.5 Å². The Labute approximate surface area is 172 Å². The van der Waals surface area contributed by atoms with E-state index in [1.807, 2.05) is 36.5 Å². The van der Waals surface area contributed by atoms with Crippen molar-refractivity contribution in [2.45, 2.75) is 25.9 Å². The number of benzene rings is 1. The van der Waals surface area contributed by atoms with Crippen molar-refractivity contribution in [1.82, 2.24) is 15.3 Å². The minimum absolute atomic E-state index is 0.00804. The van der Waals surface area contributed by atoms with Crippen molar-refractivity contribution in [3.8, 4) is 0 Å². The second-order valence-electron chi connectivity index (χ2n) is 6.43. The molecule has 0 spiro atoms. The highest BCUT2D eigenvalue weighted by molar-refractivity contribution is 14.1. The number of rotatable bonds is 3. The SMILES string of the molecule is Cc1[nH]c(C)c(C2C(c3ccccn3)NC(=S)N2c2ccccc2)c1I. The number of pyridine rings is 1. The lowest BCUT2D eigenvalue weighted by Crippen LogP contribution is -2.29. The fourth-order valence-electron chi connectivity index (χ4n) is 3.64. The molecule has 1 saturated heterocycles. The third kappa shape index (κ3) is 2.91. The van der Waals surface area contributed by atoms with Crippen molar-refractivity contribution in [2.75, 3.05) is 4.90 Å². The molecular weight excluding hydrogens is 455 g/mol. The number of hydrogen-bond donors (Lipinski definition) is 2. The molecule has 0 bridgehead atoms. The van der Waals surface area contributed by atoms with Crippen LogP contribution in [0.4, 0.5) is 5.69 Å². The van der Waals surface area contributed by atoms with Gasteiger partial charge in [-0.3, -0.25) is 4.98 Å². The lowest BCUT2D eigenvalue weighted by Gasteiger charge is -2.28. The molecule has 3 heterocycles. The molecule has 1 aliphatic rings. The smallest absolute Gasteiger partial charge is 0.174 e. The topological polar surface area (TPSA) is 44.0 Å². The van der Waals surface area contributed by atoms with Gasteiger partial charge in [0.2, 0.25) is 0 Å². The number of hydrogen-bond acceptors (Lipinski definition) is 2. The van der Waals surface area contributed by atoms with Crippen LogP contribution in [0.15, 0.2) is 54.7 Å². The fraction of sp³-hybridized carbons (Fsp3) is 0.200. The van der Waals surface area contributed by atoms with Crippen LogP contribution in [0.1, 0.15) is 34.7 Å². The first-order valence-electron chi connectivity index (χ1n) is 8.48. The Morgan fingerprint density at radius 3 is 2.38 bits per heavy atom. The quantitative estimate of drug-likeness (QED) is 0.423. The summed E-state index contributed by atoms with van der Waals surface area (Å²) in [5.74, 6) is 0. The Hall–Kier alpha value is -1.93. The second kappa shape index (κ2) is 7.00. The molecule has 0 aliphatic carbocycles. The van der Waals surface area contributed by atoms with Gasteiger partial charge in [0.05, 0.1) is 17.8 Å². The zero-order valence-electron chi connectivity index (χ0n) is 14.5. The van der Waals surface area contributed by atoms with E-state index in [2.05, 4.69) is 74.8 Å². The highest BCUT2D eigenvalue weighted by Gasteiger charge is 2.42. The first-order chi connectivity index (χ1) is 12.6. The molecule has 0 amide bonds. The Kier molecular flexibility index (Phi) is 4.71. The monoisotopic (exact) mass is 474 g/mol. The van der Waals surface area contributed by atoms with Gasteiger partial charge >= 0.3 is 0 Å². The van der Waals surface area contributed by atoms with Gasteiger partial charge in [-0.2, -0.15) is 0 Å². The van der Waals surface area contributed by atoms with E-state index < -0.39 is 0 Å². The van der Waals surface area contributed by atoms with Crippen molar-refractivity contribution in [3.63, 3.8) is 0 Å². The van der Waals surface area contributed by atoms with Crippen LogP contribution in [0.3, 0.4) is 0 Å². The summed E-state index contributed by atoms with van der Waals surface area (Å²) in [5, 5.41) is 4.24. The van der Waals surface area contributed by atoms with Crippen LogP contribution in [0, 0.1) is 17.4 Å². The first kappa shape index (κ1) is 17.5. The largest absolute Gasteiger partial charge is 0.362 e. The van der Waals surface area contributed by atoms with Gasteiger partial charge in [0.15, 0.2) is 5.11 Å². The molecule has 1 fully saturated rings. The van der Waals surface area contributed by atoms with Crippen molar-refractivity contribution in [1.29, 1.82) is 0 Å². The molecule has 2 unspecified atom stereocenters. The fourth-order valence-corrected chi connectivity index (χ4v) is 4.84. The molecule has 26 heavy (non-hydrogen) atoms. The molecule has 0 radical (unpaired) electrons. The third-order valence-electron chi connectivity index (χ3n) is 4.77. The standard InChI is InChI=1S/C20H19IN4S/c1-12-16(17(21)13(2)23-12)19-18(15-10-6-7-11-22-15)24-20(26)25(19)14-8-4-3-5-9-14/h3-11,18-19,23H,1-2H3,(H,24,26). The first-order valence-corrected chi connectivity index (χ1v) is 9.97. The third-order valence-corrected chi connectivity index (χ3v) is 6.48. The number of aromatic amines is 1. The predicted octanol–water partition coefficient (Wildman–Crippen LogP) is 4.81. The van der Waals surface area contributed by atoms with Crippen molar-refractivity contribution < 1.29 is 0 Å². The highest BCUT2D eigenvalue weighted by atomic mass is 127. The average Bonchev–Trinajstić information content (AvgIpc) is 3.12. The van der Waals surface area contributed by atoms with Crippen molar-refractivity contribution >= 4 is 45.6 Å². The maximum Gasteiger partial charge on any atom is 0.174 e. The summed E-state index contributed by atoms with van der Waals surface area (Å²) in [6.45, 7) is 4.24. The van der Waals surface area contributed by atoms with Gasteiger partial charge in [-0.25, -0.2) is 0 Å². The zero-order valence-corrected chi connectivity index (χ0v) is 17.5. The molecule has 2 atom stereocenters. The normalized spacial score (nSPS) is 19.7. The van der Waals surface area contributed by atoms with Crippen LogP contribution < -0.4 is 10.2 Å². The van der Waals surface area contributed by atoms with Crippen LogP contribution >= 0.6 is 34.8 Å². The van der Waals surface area contributed by atoms with E-state index in [0.29, 0.717) is 0 Å². The van der Waals surface area contributed by atoms with Crippen molar-refractivity contribution in [2.24, 2.45) is 0 Å². The van der Waals surface area contributed by atoms with Gasteiger partial charge < -0.3 is 15.2 Å². The van der Waals surface area contributed by atoms with Gasteiger partial charge in [-0.05, 0) is 72.9 Å². The van der Waals surface area contributed by atoms with E-state index in [9.17, 15) is 0 Å². The number of para-hydroxylation sites is 1. The van der Waals surface area contributed by atoms with E-state index >= 15 is 0 Å². The van der Waals surface area contributed by atoms with Gasteiger partial charge in [-0.15, -0.1) is 0 Å². The van der Waals surface area contributed by atoms with E-state index in [-0.39, 0.29) is 12.1 Å². The summed E-state index contributed by atoms with van der Waals surface area (Å²) >= 11 is 8.18. The second-order valence-corrected chi connectivity index (χ2v) is 7.90. The Morgan fingerprint density at radius 2 is 1.77 bits per heavy atom. The predicted molar refractivity (Wildman–Crippen MR) is 117 cm³/mol. The highest BCUT2D eigenvalue weighted by Crippen LogP contribution is 2.44. The molecule has 1 aliphatic heterocycles. The molecule has 2 aromatic heterocycles. The molecule has 6 heteroatoms. The summed E-state index contributed by atoms with van der Waals surface area (Å²) in [5.41, 5.74) is 5.71. The van der Waals surface area contributed by atoms with Gasteiger partial charge in [0.1, 0.15) is 0 Å². The number of nitrogens with one attached hydrogen (secondary N) is 2. The molecule has 4 rings (SSSR count). The molecule has 0 saturated carbocycles. The summed E-state index contributed by atoms with van der Waals surface area (Å²) in [6, 6.07) is 16.4. The van der Waals surface area contributed by atoms with Crippen molar-refractivity contribution in [3.05, 3.63) is 80.9 Å². The maximum absolute atomic E-state index is 5.74. The Morgan fingerprint density at radius 1 is 1.04 bits per heavy atom. The molecule has 132 valence electrons. The van der Waals surface area contributed by atoms with E-state index in [1.54, 1.807) is 0 Å². The molecule has 1 aromatic carbocycles. The van der Waals surface area contributed by atoms with Gasteiger partial charge in [0, 0.05) is 32.4 Å². The lowest BCUT2D eigenvalue weighted by molar-refractivity contribution is 0.564. The van der Waals surface area contributed by atoms with Crippen LogP contribution in [-0.2, 0) is 0 Å². The number of aryl methyl sites for hydroxylation is 2. The van der Waals surface area contributed by atoms with Crippen LogP contribution in [-0.4, -0.2) is 15.1 Å². The zero-order chi connectivity index (χ0) is 18.3.